The fraction of sp³-hybridized carbons (Fsp3) is 0.545. The second kappa shape index (κ2) is 8.64. The molecule has 9 heteroatoms. The average molecular weight is 434 g/mol. The van der Waals surface area contributed by atoms with E-state index in [4.69, 9.17) is 4.74 Å². The zero-order valence-electron chi connectivity index (χ0n) is 17.9. The maximum atomic E-state index is 15.5. The van der Waals surface area contributed by atoms with Gasteiger partial charge in [-0.15, -0.1) is 0 Å². The van der Waals surface area contributed by atoms with Crippen molar-refractivity contribution in [3.05, 3.63) is 53.5 Å². The lowest BCUT2D eigenvalue weighted by atomic mass is 9.71. The smallest absolute Gasteiger partial charge is 0.231 e. The van der Waals surface area contributed by atoms with Crippen LogP contribution in [-0.2, 0) is 15.3 Å². The summed E-state index contributed by atoms with van der Waals surface area (Å²) in [5, 5.41) is 9.43. The maximum Gasteiger partial charge on any atom is 0.231 e. The highest BCUT2D eigenvalue weighted by Crippen LogP contribution is 2.43. The van der Waals surface area contributed by atoms with Crippen LogP contribution in [0.2, 0.25) is 0 Å². The van der Waals surface area contributed by atoms with Crippen LogP contribution in [0.4, 0.5) is 8.78 Å². The first-order valence-corrected chi connectivity index (χ1v) is 10.6. The first kappa shape index (κ1) is 21.9. The van der Waals surface area contributed by atoms with Gasteiger partial charge in [-0.1, -0.05) is 0 Å². The normalized spacial score (nSPS) is 28.5. The van der Waals surface area contributed by atoms with Crippen LogP contribution in [-0.4, -0.2) is 62.2 Å². The van der Waals surface area contributed by atoms with Gasteiger partial charge in [-0.2, -0.15) is 0 Å². The van der Waals surface area contributed by atoms with Crippen molar-refractivity contribution >= 4 is 5.91 Å². The number of halogens is 2. The van der Waals surface area contributed by atoms with Gasteiger partial charge in [-0.25, -0.2) is 8.78 Å². The van der Waals surface area contributed by atoms with E-state index in [9.17, 15) is 9.18 Å². The van der Waals surface area contributed by atoms with Crippen molar-refractivity contribution in [3.63, 3.8) is 0 Å². The van der Waals surface area contributed by atoms with Crippen molar-refractivity contribution in [1.82, 2.24) is 25.8 Å². The number of amides is 1. The Morgan fingerprint density at radius 1 is 1.32 bits per heavy atom. The number of methoxy groups -OCH3 is 1. The van der Waals surface area contributed by atoms with E-state index in [0.29, 0.717) is 31.5 Å². The van der Waals surface area contributed by atoms with Gasteiger partial charge in [-0.3, -0.25) is 9.78 Å². The topological polar surface area (TPSA) is 78.5 Å². The van der Waals surface area contributed by atoms with Gasteiger partial charge in [0.2, 0.25) is 11.6 Å². The summed E-state index contributed by atoms with van der Waals surface area (Å²) in [5.74, 6) is -1.32. The number of hydrogen-bond donors (Lipinski definition) is 3. The molecule has 0 bridgehead atoms. The quantitative estimate of drug-likeness (QED) is 0.654. The van der Waals surface area contributed by atoms with Gasteiger partial charge in [0.1, 0.15) is 5.82 Å². The molecule has 4 rings (SSSR count). The minimum atomic E-state index is -1.68. The summed E-state index contributed by atoms with van der Waals surface area (Å²) >= 11 is 0. The van der Waals surface area contributed by atoms with Crippen LogP contribution in [0.1, 0.15) is 24.8 Å². The van der Waals surface area contributed by atoms with Crippen molar-refractivity contribution in [2.24, 2.45) is 5.41 Å². The molecule has 0 saturated carbocycles. The number of nitrogens with one attached hydrogen (secondary N) is 3. The van der Waals surface area contributed by atoms with E-state index in [1.807, 2.05) is 7.05 Å². The average Bonchev–Trinajstić information content (AvgIpc) is 3.18. The van der Waals surface area contributed by atoms with E-state index < -0.39 is 22.8 Å². The van der Waals surface area contributed by atoms with Crippen LogP contribution in [0, 0.1) is 11.2 Å². The Hall–Kier alpha value is -2.36. The second-order valence-corrected chi connectivity index (χ2v) is 8.57. The molecule has 1 aromatic rings. The highest BCUT2D eigenvalue weighted by atomic mass is 19.1. The summed E-state index contributed by atoms with van der Waals surface area (Å²) in [6.45, 7) is 3.07. The summed E-state index contributed by atoms with van der Waals surface area (Å²) in [5.41, 5.74) is -1.77. The Bertz CT molecular complexity index is 900. The van der Waals surface area contributed by atoms with Crippen LogP contribution in [0.5, 0.6) is 0 Å². The summed E-state index contributed by atoms with van der Waals surface area (Å²) < 4.78 is 34.7. The van der Waals surface area contributed by atoms with Crippen molar-refractivity contribution in [3.8, 4) is 0 Å². The van der Waals surface area contributed by atoms with Crippen LogP contribution >= 0.6 is 0 Å². The molecule has 2 atom stereocenters. The number of ether oxygens (including phenoxy) is 1. The van der Waals surface area contributed by atoms with Gasteiger partial charge >= 0.3 is 0 Å². The zero-order chi connectivity index (χ0) is 22.1. The maximum absolute atomic E-state index is 15.5. The summed E-state index contributed by atoms with van der Waals surface area (Å²) in [6.07, 6.45) is 7.40. The third-order valence-electron chi connectivity index (χ3n) is 6.64. The summed E-state index contributed by atoms with van der Waals surface area (Å²) in [4.78, 5) is 19.5. The largest absolute Gasteiger partial charge is 0.354 e. The Morgan fingerprint density at radius 2 is 2.10 bits per heavy atom. The Kier molecular flexibility index (Phi) is 6.09. The Balaban J connectivity index is 1.64. The standard InChI is InChI=1S/C22H29F2N5O2/c1-29-8-3-18(14-29)28-20(30)21(4-6-25-7-5-21)15-10-19(24)22(31-2,27-12-15)16-9-17(23)13-26-11-16/h9-13,18,25,27H,3-8,14H2,1-2H3,(H,28,30)/t18-,22?/m0/s1. The first-order valence-electron chi connectivity index (χ1n) is 10.6. The van der Waals surface area contributed by atoms with E-state index in [-0.39, 0.29) is 17.5 Å². The van der Waals surface area contributed by atoms with Crippen LogP contribution in [0.15, 0.2) is 42.1 Å². The molecule has 3 N–H and O–H groups in total. The minimum absolute atomic E-state index is 0.0799. The number of rotatable bonds is 5. The van der Waals surface area contributed by atoms with Gasteiger partial charge in [0.15, 0.2) is 5.83 Å². The lowest BCUT2D eigenvalue weighted by Crippen LogP contribution is -2.53. The number of hydrogen-bond acceptors (Lipinski definition) is 6. The molecule has 168 valence electrons. The number of aromatic nitrogens is 1. The van der Waals surface area contributed by atoms with Gasteiger partial charge in [0.05, 0.1) is 11.6 Å². The molecule has 3 aliphatic rings. The number of carbonyl (C=O) groups is 1. The number of allylic oxidation sites excluding steroid dienone is 1. The van der Waals surface area contributed by atoms with Gasteiger partial charge < -0.3 is 25.6 Å². The molecule has 0 spiro atoms. The van der Waals surface area contributed by atoms with Crippen molar-refractivity contribution in [2.45, 2.75) is 31.0 Å². The third kappa shape index (κ3) is 3.97. The predicted octanol–water partition coefficient (Wildman–Crippen LogP) is 1.55. The molecule has 1 unspecified atom stereocenters. The number of piperidine rings is 1. The molecule has 1 aromatic heterocycles. The zero-order valence-corrected chi connectivity index (χ0v) is 17.9. The molecular weight excluding hydrogens is 404 g/mol. The Labute approximate surface area is 180 Å². The van der Waals surface area contributed by atoms with Crippen molar-refractivity contribution < 1.29 is 18.3 Å². The lowest BCUT2D eigenvalue weighted by molar-refractivity contribution is -0.131. The summed E-state index contributed by atoms with van der Waals surface area (Å²) in [6, 6.07) is 1.27. The van der Waals surface area contributed by atoms with Crippen molar-refractivity contribution in [2.75, 3.05) is 40.3 Å². The van der Waals surface area contributed by atoms with Crippen LogP contribution in [0.3, 0.4) is 0 Å². The fourth-order valence-corrected chi connectivity index (χ4v) is 4.78. The van der Waals surface area contributed by atoms with E-state index >= 15 is 4.39 Å². The van der Waals surface area contributed by atoms with E-state index in [1.165, 1.54) is 25.4 Å². The SMILES string of the molecule is COC1(c2cncc(F)c2)NC=C(C2(C(=O)N[C@H]3CCN(C)C3)CCNCC2)C=C1F. The fourth-order valence-electron chi connectivity index (χ4n) is 4.78. The molecule has 31 heavy (non-hydrogen) atoms. The molecule has 0 radical (unpaired) electrons. The van der Waals surface area contributed by atoms with Gasteiger partial charge in [-0.05, 0) is 63.7 Å². The molecule has 0 aliphatic carbocycles. The van der Waals surface area contributed by atoms with E-state index in [1.54, 1.807) is 6.20 Å². The number of pyridine rings is 1. The summed E-state index contributed by atoms with van der Waals surface area (Å²) in [7, 11) is 3.37. The van der Waals surface area contributed by atoms with Crippen molar-refractivity contribution in [1.29, 1.82) is 0 Å². The molecule has 0 aromatic carbocycles. The minimum Gasteiger partial charge on any atom is -0.354 e. The predicted molar refractivity (Wildman–Crippen MR) is 112 cm³/mol. The molecular formula is C22H29F2N5O2. The number of nitrogens with zero attached hydrogens (tertiary/aromatic N) is 2. The molecule has 3 aliphatic heterocycles. The van der Waals surface area contributed by atoms with Crippen LogP contribution in [0.25, 0.3) is 0 Å². The molecule has 2 saturated heterocycles. The third-order valence-corrected chi connectivity index (χ3v) is 6.64. The molecule has 1 amide bonds. The number of likely N-dealkylation sites (tertiary alicyclic amines) is 1. The van der Waals surface area contributed by atoms with E-state index in [0.717, 1.165) is 25.7 Å². The van der Waals surface area contributed by atoms with Gasteiger partial charge in [0.25, 0.3) is 0 Å². The van der Waals surface area contributed by atoms with E-state index in [2.05, 4.69) is 25.8 Å². The van der Waals surface area contributed by atoms with Gasteiger partial charge in [0, 0.05) is 37.7 Å². The molecule has 7 nitrogen and oxygen atoms in total. The highest BCUT2D eigenvalue weighted by molar-refractivity contribution is 5.87. The molecule has 2 fully saturated rings. The number of likely N-dealkylation sites (N-methyl/N-ethyl adjacent to an activating group) is 1. The van der Waals surface area contributed by atoms with Crippen LogP contribution < -0.4 is 16.0 Å². The number of dihydropyridines is 1. The Morgan fingerprint density at radius 3 is 2.71 bits per heavy atom. The molecule has 4 heterocycles. The lowest BCUT2D eigenvalue weighted by Gasteiger charge is -2.41. The highest BCUT2D eigenvalue weighted by Gasteiger charge is 2.47. The number of carbonyl (C=O) groups excluding carboxylic acids is 1. The second-order valence-electron chi connectivity index (χ2n) is 8.57. The first-order chi connectivity index (χ1) is 14.9. The monoisotopic (exact) mass is 433 g/mol.